The Hall–Kier alpha value is -2.28. The number of alkyl halides is 3. The molecule has 23 heavy (non-hydrogen) atoms. The molecule has 1 aromatic heterocycles. The summed E-state index contributed by atoms with van der Waals surface area (Å²) in [5.41, 5.74) is -1.01. The fraction of sp³-hybridized carbons (Fsp3) is 0.312. The normalized spacial score (nSPS) is 17.8. The first-order valence-electron chi connectivity index (χ1n) is 7.19. The van der Waals surface area contributed by atoms with E-state index in [1.54, 1.807) is 12.3 Å². The summed E-state index contributed by atoms with van der Waals surface area (Å²) < 4.78 is 39.5. The van der Waals surface area contributed by atoms with Crippen LogP contribution in [0, 0.1) is 0 Å². The van der Waals surface area contributed by atoms with Crippen LogP contribution in [0.3, 0.4) is 0 Å². The van der Waals surface area contributed by atoms with Crippen LogP contribution in [-0.2, 0) is 12.7 Å². The van der Waals surface area contributed by atoms with E-state index in [2.05, 4.69) is 5.32 Å². The van der Waals surface area contributed by atoms with Gasteiger partial charge < -0.3 is 15.0 Å². The van der Waals surface area contributed by atoms with Gasteiger partial charge in [-0.1, -0.05) is 0 Å². The third kappa shape index (κ3) is 3.10. The molecule has 122 valence electrons. The first kappa shape index (κ1) is 15.6. The van der Waals surface area contributed by atoms with E-state index < -0.39 is 17.5 Å². The Labute approximate surface area is 130 Å². The van der Waals surface area contributed by atoms with Crippen LogP contribution in [0.15, 0.2) is 41.3 Å². The molecule has 0 bridgehead atoms. The highest BCUT2D eigenvalue weighted by molar-refractivity contribution is 5.69. The highest BCUT2D eigenvalue weighted by Crippen LogP contribution is 2.35. The predicted octanol–water partition coefficient (Wildman–Crippen LogP) is 2.60. The number of phenolic OH excluding ortho intramolecular Hbond substituents is 1. The predicted molar refractivity (Wildman–Crippen MR) is 79.2 cm³/mol. The van der Waals surface area contributed by atoms with Gasteiger partial charge in [0, 0.05) is 24.3 Å². The van der Waals surface area contributed by atoms with Crippen molar-refractivity contribution < 1.29 is 18.3 Å². The maximum absolute atomic E-state index is 12.7. The fourth-order valence-electron chi connectivity index (χ4n) is 2.56. The quantitative estimate of drug-likeness (QED) is 0.912. The van der Waals surface area contributed by atoms with Crippen LogP contribution in [0.2, 0.25) is 0 Å². The van der Waals surface area contributed by atoms with Gasteiger partial charge in [0.15, 0.2) is 0 Å². The van der Waals surface area contributed by atoms with Gasteiger partial charge in [0.05, 0.1) is 11.1 Å². The zero-order valence-electron chi connectivity index (χ0n) is 12.1. The van der Waals surface area contributed by atoms with Crippen molar-refractivity contribution in [2.45, 2.75) is 25.2 Å². The van der Waals surface area contributed by atoms with Gasteiger partial charge in [0.2, 0.25) is 0 Å². The Balaban J connectivity index is 1.98. The molecular formula is C16H15F3N2O2. The van der Waals surface area contributed by atoms with Gasteiger partial charge in [0.1, 0.15) is 5.75 Å². The van der Waals surface area contributed by atoms with Crippen molar-refractivity contribution >= 4 is 0 Å². The van der Waals surface area contributed by atoms with E-state index in [0.29, 0.717) is 12.6 Å². The van der Waals surface area contributed by atoms with Crippen LogP contribution >= 0.6 is 0 Å². The van der Waals surface area contributed by atoms with Crippen molar-refractivity contribution in [2.24, 2.45) is 0 Å². The topological polar surface area (TPSA) is 54.3 Å². The minimum Gasteiger partial charge on any atom is -0.507 e. The van der Waals surface area contributed by atoms with Crippen molar-refractivity contribution in [3.63, 3.8) is 0 Å². The Kier molecular flexibility index (Phi) is 3.89. The molecule has 0 amide bonds. The molecule has 0 radical (unpaired) electrons. The molecule has 0 spiro atoms. The SMILES string of the molecule is O=c1c(-c2ccc(C(F)(F)F)cc2O)cccn1CC1CCN1. The van der Waals surface area contributed by atoms with Gasteiger partial charge in [-0.25, -0.2) is 0 Å². The maximum Gasteiger partial charge on any atom is 0.416 e. The molecular weight excluding hydrogens is 309 g/mol. The zero-order chi connectivity index (χ0) is 16.6. The number of aromatic nitrogens is 1. The van der Waals surface area contributed by atoms with E-state index in [1.165, 1.54) is 10.6 Å². The lowest BCUT2D eigenvalue weighted by Gasteiger charge is -2.28. The Morgan fingerprint density at radius 3 is 2.57 bits per heavy atom. The average Bonchev–Trinajstić information content (AvgIpc) is 2.43. The standard InChI is InChI=1S/C16H15F3N2O2/c17-16(18,19)10-3-4-12(14(22)8-10)13-2-1-7-21(15(13)23)9-11-5-6-20-11/h1-4,7-8,11,20,22H,5-6,9H2. The molecule has 3 rings (SSSR count). The van der Waals surface area contributed by atoms with Crippen LogP contribution in [-0.4, -0.2) is 22.3 Å². The molecule has 2 heterocycles. The van der Waals surface area contributed by atoms with E-state index >= 15 is 0 Å². The summed E-state index contributed by atoms with van der Waals surface area (Å²) in [6.45, 7) is 1.41. The molecule has 0 aliphatic carbocycles. The second-order valence-corrected chi connectivity index (χ2v) is 5.55. The second-order valence-electron chi connectivity index (χ2n) is 5.55. The lowest BCUT2D eigenvalue weighted by Crippen LogP contribution is -2.47. The summed E-state index contributed by atoms with van der Waals surface area (Å²) in [5.74, 6) is -0.559. The summed E-state index contributed by atoms with van der Waals surface area (Å²) in [7, 11) is 0. The van der Waals surface area contributed by atoms with Crippen molar-refractivity contribution in [1.82, 2.24) is 9.88 Å². The lowest BCUT2D eigenvalue weighted by molar-refractivity contribution is -0.137. The summed E-state index contributed by atoms with van der Waals surface area (Å²) in [6.07, 6.45) is -1.93. The molecule has 1 unspecified atom stereocenters. The number of nitrogens with one attached hydrogen (secondary N) is 1. The minimum atomic E-state index is -4.54. The monoisotopic (exact) mass is 324 g/mol. The van der Waals surface area contributed by atoms with Crippen molar-refractivity contribution in [2.75, 3.05) is 6.54 Å². The molecule has 1 aliphatic rings. The Bertz CT molecular complexity index is 780. The molecule has 2 aromatic rings. The van der Waals surface area contributed by atoms with Crippen LogP contribution in [0.1, 0.15) is 12.0 Å². The number of nitrogens with zero attached hydrogens (tertiary/aromatic N) is 1. The first-order valence-corrected chi connectivity index (χ1v) is 7.19. The van der Waals surface area contributed by atoms with Crippen molar-refractivity contribution in [1.29, 1.82) is 0 Å². The number of hydrogen-bond acceptors (Lipinski definition) is 3. The van der Waals surface area contributed by atoms with Crippen LogP contribution in [0.5, 0.6) is 5.75 Å². The molecule has 4 nitrogen and oxygen atoms in total. The number of benzene rings is 1. The van der Waals surface area contributed by atoms with Gasteiger partial charge in [0.25, 0.3) is 5.56 Å². The molecule has 1 aromatic carbocycles. The van der Waals surface area contributed by atoms with Gasteiger partial charge in [-0.2, -0.15) is 13.2 Å². The van der Waals surface area contributed by atoms with Gasteiger partial charge in [-0.3, -0.25) is 4.79 Å². The number of phenols is 1. The van der Waals surface area contributed by atoms with E-state index in [0.717, 1.165) is 25.1 Å². The van der Waals surface area contributed by atoms with E-state index in [4.69, 9.17) is 0 Å². The zero-order valence-corrected chi connectivity index (χ0v) is 12.1. The molecule has 1 fully saturated rings. The highest BCUT2D eigenvalue weighted by atomic mass is 19.4. The van der Waals surface area contributed by atoms with Crippen LogP contribution < -0.4 is 10.9 Å². The molecule has 0 saturated carbocycles. The number of pyridine rings is 1. The van der Waals surface area contributed by atoms with Gasteiger partial charge >= 0.3 is 6.18 Å². The highest BCUT2D eigenvalue weighted by Gasteiger charge is 2.31. The van der Waals surface area contributed by atoms with Crippen molar-refractivity contribution in [3.8, 4) is 16.9 Å². The molecule has 1 atom stereocenters. The number of halogens is 3. The number of rotatable bonds is 3. The Morgan fingerprint density at radius 1 is 1.26 bits per heavy atom. The lowest BCUT2D eigenvalue weighted by atomic mass is 10.0. The fourth-order valence-corrected chi connectivity index (χ4v) is 2.56. The third-order valence-corrected chi connectivity index (χ3v) is 3.98. The smallest absolute Gasteiger partial charge is 0.416 e. The molecule has 1 saturated heterocycles. The minimum absolute atomic E-state index is 0.0962. The number of hydrogen-bond donors (Lipinski definition) is 2. The largest absolute Gasteiger partial charge is 0.507 e. The van der Waals surface area contributed by atoms with Gasteiger partial charge in [-0.15, -0.1) is 0 Å². The van der Waals surface area contributed by atoms with Crippen molar-refractivity contribution in [3.05, 3.63) is 52.4 Å². The third-order valence-electron chi connectivity index (χ3n) is 3.98. The average molecular weight is 324 g/mol. The maximum atomic E-state index is 12.7. The van der Waals surface area contributed by atoms with E-state index in [9.17, 15) is 23.1 Å². The molecule has 2 N–H and O–H groups in total. The molecule has 7 heteroatoms. The van der Waals surface area contributed by atoms with E-state index in [1.807, 2.05) is 0 Å². The summed E-state index contributed by atoms with van der Waals surface area (Å²) >= 11 is 0. The summed E-state index contributed by atoms with van der Waals surface area (Å²) in [5, 5.41) is 13.1. The van der Waals surface area contributed by atoms with Gasteiger partial charge in [-0.05, 0) is 43.3 Å². The van der Waals surface area contributed by atoms with Crippen LogP contribution in [0.25, 0.3) is 11.1 Å². The molecule has 1 aliphatic heterocycles. The Morgan fingerprint density at radius 2 is 2.00 bits per heavy atom. The summed E-state index contributed by atoms with van der Waals surface area (Å²) in [6, 6.07) is 5.99. The van der Waals surface area contributed by atoms with Crippen LogP contribution in [0.4, 0.5) is 13.2 Å². The number of aromatic hydroxyl groups is 1. The first-order chi connectivity index (χ1) is 10.9. The second kappa shape index (κ2) is 5.73. The summed E-state index contributed by atoms with van der Waals surface area (Å²) in [4.78, 5) is 12.5. The van der Waals surface area contributed by atoms with E-state index in [-0.39, 0.29) is 22.7 Å².